The van der Waals surface area contributed by atoms with Crippen LogP contribution in [0.4, 0.5) is 4.70 Å². The van der Waals surface area contributed by atoms with E-state index in [9.17, 15) is 0 Å². The molecule has 0 unspecified atom stereocenters. The molecule has 0 fully saturated rings. The predicted molar refractivity (Wildman–Crippen MR) is 17.6 cm³/mol. The Morgan fingerprint density at radius 3 is 1.00 bits per heavy atom. The molecule has 2 N–H and O–H groups in total. The summed E-state index contributed by atoms with van der Waals surface area (Å²) in [6.45, 7) is 0. The Morgan fingerprint density at radius 1 is 1.00 bits per heavy atom. The van der Waals surface area contributed by atoms with Gasteiger partial charge >= 0.3 is 63.6 Å². The van der Waals surface area contributed by atoms with Crippen molar-refractivity contribution in [2.24, 2.45) is 0 Å². The Bertz CT molecular complexity index is 11.6. The van der Waals surface area contributed by atoms with Crippen LogP contribution in [0, 0.1) is 0 Å². The first-order valence-corrected chi connectivity index (χ1v) is 0. The quantitative estimate of drug-likeness (QED) is 0.284. The molecule has 0 saturated carbocycles. The van der Waals surface area contributed by atoms with Crippen molar-refractivity contribution in [3.63, 3.8) is 0 Å². The van der Waals surface area contributed by atoms with Gasteiger partial charge in [0.15, 0.2) is 0 Å². The van der Waals surface area contributed by atoms with Crippen LogP contribution in [0.3, 0.4) is 0 Å². The normalized spacial score (nSPS) is 0. The number of hydrogen-bond acceptors (Lipinski definition) is 0. The number of hydrogen-bond donors (Lipinski definition) is 0. The molecule has 0 aromatic carbocycles. The Kier molecular flexibility index (Phi) is 537. The molecule has 0 aliphatic heterocycles. The molecule has 0 atom stereocenters. The molecule has 0 bridgehead atoms. The molecule has 0 radical (unpaired) electrons. The zero-order valence-electron chi connectivity index (χ0n) is 3.12. The van der Waals surface area contributed by atoms with Crippen LogP contribution in [0.5, 0.6) is 0 Å². The van der Waals surface area contributed by atoms with Crippen LogP contribution in [-0.4, -0.2) is 39.5 Å². The Labute approximate surface area is 73.0 Å². The van der Waals surface area contributed by atoms with Crippen molar-refractivity contribution < 1.29 is 39.7 Å². The standard InChI is InChI=1S/FH.Mg.Na.H2O.Si/h1H;;;1H2;/q;+2;+1;;+4. The van der Waals surface area contributed by atoms with Gasteiger partial charge in [0.25, 0.3) is 0 Å². The van der Waals surface area contributed by atoms with Gasteiger partial charge in [0.2, 0.25) is 0 Å². The predicted octanol–water partition coefficient (Wildman–Crippen LogP) is -4.43. The first-order chi connectivity index (χ1) is 0. The van der Waals surface area contributed by atoms with E-state index < -0.39 is 0 Å². The van der Waals surface area contributed by atoms with E-state index in [0.717, 1.165) is 0 Å². The van der Waals surface area contributed by atoms with Crippen molar-refractivity contribution in [3.8, 4) is 0 Å². The smallest absolute Gasteiger partial charge is 0.412 e. The van der Waals surface area contributed by atoms with Gasteiger partial charge in [-0.1, -0.05) is 0 Å². The summed E-state index contributed by atoms with van der Waals surface area (Å²) in [4.78, 5) is 0. The van der Waals surface area contributed by atoms with Gasteiger partial charge in [-0.3, -0.25) is 4.70 Å². The summed E-state index contributed by atoms with van der Waals surface area (Å²) in [5.41, 5.74) is 0. The van der Waals surface area contributed by atoms with Crippen molar-refractivity contribution in [2.75, 3.05) is 0 Å². The molecule has 0 rings (SSSR count). The van der Waals surface area contributed by atoms with E-state index >= 15 is 0 Å². The van der Waals surface area contributed by atoms with Gasteiger partial charge in [0, 0.05) is 0 Å². The summed E-state index contributed by atoms with van der Waals surface area (Å²) in [7, 11) is 0. The van der Waals surface area contributed by atoms with E-state index in [1.807, 2.05) is 0 Å². The Morgan fingerprint density at radius 2 is 1.00 bits per heavy atom. The van der Waals surface area contributed by atoms with E-state index in [1.165, 1.54) is 0 Å². The molecule has 0 amide bonds. The SMILES string of the molecule is F.O.[Mg+2].[Na+].[Si+4]. The maximum Gasteiger partial charge on any atom is 4.00 e. The van der Waals surface area contributed by atoms with E-state index in [2.05, 4.69) is 0 Å². The van der Waals surface area contributed by atoms with Gasteiger partial charge in [0.1, 0.15) is 0 Å². The monoisotopic (exact) mass is 113 g/mol. The summed E-state index contributed by atoms with van der Waals surface area (Å²) < 4.78 is 0. The third-order valence-corrected chi connectivity index (χ3v) is 0. The minimum absolute atomic E-state index is 0. The fraction of sp³-hybridized carbons (Fsp3) is 0. The second-order valence-corrected chi connectivity index (χ2v) is 0. The third kappa shape index (κ3) is 25.1. The van der Waals surface area contributed by atoms with Crippen LogP contribution in [-0.2, 0) is 0 Å². The molecule has 0 aliphatic carbocycles. The van der Waals surface area contributed by atoms with Crippen molar-refractivity contribution in [1.29, 1.82) is 0 Å². The Hall–Kier alpha value is 1.87. The Balaban J connectivity index is 0. The van der Waals surface area contributed by atoms with Crippen LogP contribution < -0.4 is 29.6 Å². The van der Waals surface area contributed by atoms with Gasteiger partial charge < -0.3 is 5.48 Å². The summed E-state index contributed by atoms with van der Waals surface area (Å²) in [5, 5.41) is 0. The largest absolute Gasteiger partial charge is 4.00 e. The average Bonchev–Trinajstić information content (AvgIpc) is 0. The first-order valence-electron chi connectivity index (χ1n) is 0. The molecule has 16 valence electrons. The fourth-order valence-electron chi connectivity index (χ4n) is 0. The van der Waals surface area contributed by atoms with Crippen molar-refractivity contribution in [3.05, 3.63) is 0 Å². The van der Waals surface area contributed by atoms with Crippen LogP contribution >= 0.6 is 0 Å². The van der Waals surface area contributed by atoms with E-state index in [0.29, 0.717) is 0 Å². The molecule has 0 heterocycles. The zero-order chi connectivity index (χ0) is 0. The van der Waals surface area contributed by atoms with Crippen LogP contribution in [0.25, 0.3) is 0 Å². The topological polar surface area (TPSA) is 31.5 Å². The fourth-order valence-corrected chi connectivity index (χ4v) is 0. The first kappa shape index (κ1) is 67.6. The molecule has 0 saturated heterocycles. The molecular formula is H3FMgNaOSi+7. The molecule has 5 heavy (non-hydrogen) atoms. The van der Waals surface area contributed by atoms with Gasteiger partial charge in [-0.05, 0) is 0 Å². The summed E-state index contributed by atoms with van der Waals surface area (Å²) in [6.07, 6.45) is 0. The van der Waals surface area contributed by atoms with Crippen LogP contribution in [0.2, 0.25) is 0 Å². The van der Waals surface area contributed by atoms with Gasteiger partial charge in [-0.25, -0.2) is 0 Å². The average molecular weight is 113 g/mol. The van der Waals surface area contributed by atoms with E-state index in [4.69, 9.17) is 0 Å². The number of halogens is 1. The van der Waals surface area contributed by atoms with Crippen LogP contribution in [0.1, 0.15) is 0 Å². The maximum atomic E-state index is 0. The van der Waals surface area contributed by atoms with Crippen LogP contribution in [0.15, 0.2) is 0 Å². The van der Waals surface area contributed by atoms with Crippen molar-refractivity contribution in [1.82, 2.24) is 0 Å². The van der Waals surface area contributed by atoms with Gasteiger partial charge in [0.05, 0.1) is 0 Å². The number of rotatable bonds is 0. The molecule has 1 nitrogen and oxygen atoms in total. The van der Waals surface area contributed by atoms with E-state index in [-0.39, 0.29) is 73.8 Å². The molecule has 0 aromatic rings. The summed E-state index contributed by atoms with van der Waals surface area (Å²) >= 11 is 0. The van der Waals surface area contributed by atoms with E-state index in [1.54, 1.807) is 0 Å². The zero-order valence-corrected chi connectivity index (χ0v) is 7.53. The molecular weight excluding hydrogens is 110 g/mol. The van der Waals surface area contributed by atoms with Crippen molar-refractivity contribution in [2.45, 2.75) is 0 Å². The molecule has 5 heteroatoms. The van der Waals surface area contributed by atoms with Gasteiger partial charge in [-0.15, -0.1) is 0 Å². The minimum atomic E-state index is 0. The summed E-state index contributed by atoms with van der Waals surface area (Å²) in [5.74, 6) is 0. The summed E-state index contributed by atoms with van der Waals surface area (Å²) in [6, 6.07) is 0. The maximum absolute atomic E-state index is 0. The van der Waals surface area contributed by atoms with Gasteiger partial charge in [-0.2, -0.15) is 0 Å². The third-order valence-electron chi connectivity index (χ3n) is 0. The molecule has 0 spiro atoms. The van der Waals surface area contributed by atoms with Crippen molar-refractivity contribution >= 4 is 34.0 Å². The molecule has 0 aliphatic rings. The molecule has 0 aromatic heterocycles. The minimum Gasteiger partial charge on any atom is -0.412 e. The second kappa shape index (κ2) is 39.8. The second-order valence-electron chi connectivity index (χ2n) is 0.